The van der Waals surface area contributed by atoms with Crippen molar-refractivity contribution in [2.45, 2.75) is 32.5 Å². The normalized spacial score (nSPS) is 20.1. The molecule has 2 aliphatic heterocycles. The van der Waals surface area contributed by atoms with Crippen LogP contribution in [-0.4, -0.2) is 39.0 Å². The minimum atomic E-state index is -0.910. The minimum absolute atomic E-state index is 0.0605. The predicted molar refractivity (Wildman–Crippen MR) is 111 cm³/mol. The number of aromatic nitrogens is 2. The Kier molecular flexibility index (Phi) is 4.55. The summed E-state index contributed by atoms with van der Waals surface area (Å²) in [5.74, 6) is -0.144. The van der Waals surface area contributed by atoms with E-state index >= 15 is 0 Å². The molecule has 31 heavy (non-hydrogen) atoms. The van der Waals surface area contributed by atoms with Crippen molar-refractivity contribution < 1.29 is 14.1 Å². The largest absolute Gasteiger partial charge is 0.337 e. The van der Waals surface area contributed by atoms with Crippen molar-refractivity contribution in [3.05, 3.63) is 64.5 Å². The Morgan fingerprint density at radius 2 is 1.94 bits per heavy atom. The number of aryl methyl sites for hydroxylation is 2. The molecule has 2 aliphatic rings. The summed E-state index contributed by atoms with van der Waals surface area (Å²) in [6.07, 6.45) is 0. The Morgan fingerprint density at radius 3 is 2.71 bits per heavy atom. The van der Waals surface area contributed by atoms with Crippen LogP contribution in [0.5, 0.6) is 0 Å². The number of carbonyl (C=O) groups is 2. The molecule has 156 valence electrons. The molecule has 0 N–H and O–H groups in total. The van der Waals surface area contributed by atoms with Gasteiger partial charge in [0.2, 0.25) is 11.7 Å². The van der Waals surface area contributed by atoms with Gasteiger partial charge in [0, 0.05) is 10.6 Å². The first kappa shape index (κ1) is 19.4. The first-order valence-electron chi connectivity index (χ1n) is 9.63. The lowest BCUT2D eigenvalue weighted by Gasteiger charge is -2.19. The average Bonchev–Trinajstić information content (AvgIpc) is 3.43. The first-order chi connectivity index (χ1) is 14.9. The van der Waals surface area contributed by atoms with Crippen LogP contribution in [0.25, 0.3) is 11.4 Å². The fraction of sp³-hybridized carbons (Fsp3) is 0.238. The number of hydrogen-bond acceptors (Lipinski definition) is 8. The zero-order valence-corrected chi connectivity index (χ0v) is 17.4. The molecule has 2 aromatic carbocycles. The van der Waals surface area contributed by atoms with E-state index in [4.69, 9.17) is 16.1 Å². The predicted octanol–water partition coefficient (Wildman–Crippen LogP) is 3.50. The Morgan fingerprint density at radius 1 is 1.10 bits per heavy atom. The Hall–Kier alpha value is -3.59. The molecule has 9 nitrogen and oxygen atoms in total. The number of halogens is 1. The summed E-state index contributed by atoms with van der Waals surface area (Å²) in [4.78, 5) is 31.4. The molecule has 2 atom stereocenters. The van der Waals surface area contributed by atoms with Gasteiger partial charge in [-0.25, -0.2) is 4.90 Å². The zero-order valence-electron chi connectivity index (χ0n) is 16.7. The van der Waals surface area contributed by atoms with Gasteiger partial charge < -0.3 is 4.52 Å². The number of imide groups is 1. The lowest BCUT2D eigenvalue weighted by molar-refractivity contribution is -0.123. The number of benzene rings is 2. The van der Waals surface area contributed by atoms with Crippen LogP contribution in [0.3, 0.4) is 0 Å². The maximum Gasteiger partial charge on any atom is 0.263 e. The molecule has 3 aromatic rings. The monoisotopic (exact) mass is 436 g/mol. The van der Waals surface area contributed by atoms with E-state index in [0.29, 0.717) is 16.5 Å². The average molecular weight is 437 g/mol. The summed E-state index contributed by atoms with van der Waals surface area (Å²) in [6, 6.07) is 11.0. The van der Waals surface area contributed by atoms with Crippen molar-refractivity contribution in [3.63, 3.8) is 0 Å². The van der Waals surface area contributed by atoms with Crippen molar-refractivity contribution in [1.29, 1.82) is 0 Å². The summed E-state index contributed by atoms with van der Waals surface area (Å²) >= 11 is 6.18. The van der Waals surface area contributed by atoms with Gasteiger partial charge >= 0.3 is 0 Å². The third-order valence-corrected chi connectivity index (χ3v) is 5.72. The molecule has 0 spiro atoms. The van der Waals surface area contributed by atoms with Crippen molar-refractivity contribution in [3.8, 4) is 11.4 Å². The molecular weight excluding hydrogens is 420 g/mol. The molecule has 2 unspecified atom stereocenters. The van der Waals surface area contributed by atoms with E-state index in [-0.39, 0.29) is 12.4 Å². The molecule has 0 saturated carbocycles. The van der Waals surface area contributed by atoms with E-state index in [2.05, 4.69) is 20.5 Å². The van der Waals surface area contributed by atoms with E-state index in [1.54, 1.807) is 18.2 Å². The highest BCUT2D eigenvalue weighted by molar-refractivity contribution is 6.32. The highest BCUT2D eigenvalue weighted by Gasteiger charge is 2.55. The number of hydrogen-bond donors (Lipinski definition) is 0. The number of carbonyl (C=O) groups excluding carboxylic acids is 2. The first-order valence-corrected chi connectivity index (χ1v) is 10.0. The number of nitrogens with zero attached hydrogens (tertiary/aromatic N) is 6. The van der Waals surface area contributed by atoms with Crippen LogP contribution >= 0.6 is 11.6 Å². The lowest BCUT2D eigenvalue weighted by Crippen LogP contribution is -2.39. The Bertz CT molecular complexity index is 1240. The molecule has 1 aromatic heterocycles. The maximum absolute atomic E-state index is 13.1. The fourth-order valence-corrected chi connectivity index (χ4v) is 3.86. The number of fused-ring (bicyclic) bond motifs is 1. The molecular formula is C21H17ClN6O3. The van der Waals surface area contributed by atoms with Gasteiger partial charge in [-0.15, -0.1) is 0 Å². The summed E-state index contributed by atoms with van der Waals surface area (Å²) < 4.78 is 5.34. The van der Waals surface area contributed by atoms with Crippen LogP contribution in [-0.2, 0) is 16.1 Å². The van der Waals surface area contributed by atoms with Gasteiger partial charge in [0.05, 0.1) is 5.69 Å². The van der Waals surface area contributed by atoms with Crippen LogP contribution in [0.15, 0.2) is 57.3 Å². The van der Waals surface area contributed by atoms with E-state index < -0.39 is 23.9 Å². The standard InChI is InChI=1S/C21H17ClN6O3/c1-11-4-3-5-13(8-11)19-23-16(31-25-19)10-27-18-17(24-26-27)20(29)28(21(18)30)14-7-6-12(2)15(22)9-14/h3-9,17-18H,10H2,1-2H3. The second-order valence-electron chi connectivity index (χ2n) is 7.52. The van der Waals surface area contributed by atoms with Gasteiger partial charge in [0.15, 0.2) is 12.1 Å². The molecule has 1 fully saturated rings. The molecule has 2 amide bonds. The summed E-state index contributed by atoms with van der Waals surface area (Å²) in [6.45, 7) is 3.88. The number of rotatable bonds is 4. The van der Waals surface area contributed by atoms with Gasteiger partial charge in [-0.3, -0.25) is 14.6 Å². The fourth-order valence-electron chi connectivity index (χ4n) is 3.69. The SMILES string of the molecule is Cc1cccc(-c2noc(CN3N=NC4C(=O)N(c5ccc(C)c(Cl)c5)C(=O)C43)n2)c1. The molecule has 5 rings (SSSR count). The van der Waals surface area contributed by atoms with E-state index in [0.717, 1.165) is 21.6 Å². The van der Waals surface area contributed by atoms with Gasteiger partial charge in [0.1, 0.15) is 6.54 Å². The molecule has 0 radical (unpaired) electrons. The Labute approximate surface area is 182 Å². The van der Waals surface area contributed by atoms with Crippen LogP contribution in [0.2, 0.25) is 5.02 Å². The van der Waals surface area contributed by atoms with E-state index in [1.807, 2.05) is 38.1 Å². The molecule has 10 heteroatoms. The van der Waals surface area contributed by atoms with Gasteiger partial charge in [-0.2, -0.15) is 10.1 Å². The van der Waals surface area contributed by atoms with Crippen LogP contribution in [0.4, 0.5) is 5.69 Å². The quantitative estimate of drug-likeness (QED) is 0.580. The summed E-state index contributed by atoms with van der Waals surface area (Å²) in [5.41, 5.74) is 3.17. The van der Waals surface area contributed by atoms with Crippen LogP contribution in [0, 0.1) is 13.8 Å². The molecule has 0 aliphatic carbocycles. The van der Waals surface area contributed by atoms with Crippen LogP contribution < -0.4 is 4.90 Å². The minimum Gasteiger partial charge on any atom is -0.337 e. The van der Waals surface area contributed by atoms with Crippen molar-refractivity contribution in [2.75, 3.05) is 4.90 Å². The van der Waals surface area contributed by atoms with Crippen molar-refractivity contribution in [1.82, 2.24) is 15.1 Å². The smallest absolute Gasteiger partial charge is 0.263 e. The third kappa shape index (κ3) is 3.27. The van der Waals surface area contributed by atoms with E-state index in [1.165, 1.54) is 5.01 Å². The number of amides is 2. The summed E-state index contributed by atoms with van der Waals surface area (Å²) in [7, 11) is 0. The molecule has 3 heterocycles. The van der Waals surface area contributed by atoms with Gasteiger partial charge in [0.25, 0.3) is 11.8 Å². The van der Waals surface area contributed by atoms with Gasteiger partial charge in [-0.1, -0.05) is 51.8 Å². The third-order valence-electron chi connectivity index (χ3n) is 5.31. The maximum atomic E-state index is 13.1. The van der Waals surface area contributed by atoms with E-state index in [9.17, 15) is 9.59 Å². The van der Waals surface area contributed by atoms with Crippen LogP contribution in [0.1, 0.15) is 17.0 Å². The lowest BCUT2D eigenvalue weighted by atomic mass is 10.1. The topological polar surface area (TPSA) is 104 Å². The molecule has 1 saturated heterocycles. The molecule has 0 bridgehead atoms. The van der Waals surface area contributed by atoms with Crippen molar-refractivity contribution in [2.24, 2.45) is 10.3 Å². The summed E-state index contributed by atoms with van der Waals surface area (Å²) in [5, 5.41) is 13.9. The zero-order chi connectivity index (χ0) is 21.7. The highest BCUT2D eigenvalue weighted by Crippen LogP contribution is 2.34. The highest BCUT2D eigenvalue weighted by atomic mass is 35.5. The van der Waals surface area contributed by atoms with Crippen molar-refractivity contribution >= 4 is 29.1 Å². The second-order valence-corrected chi connectivity index (χ2v) is 7.93. The Balaban J connectivity index is 1.37. The number of anilines is 1. The second kappa shape index (κ2) is 7.28. The van der Waals surface area contributed by atoms with Gasteiger partial charge in [-0.05, 0) is 37.6 Å².